The number of phosphoric acid groups is 2. The molecule has 0 saturated heterocycles. The maximum Gasteiger partial charge on any atom is 0.478 e. The molecule has 0 aromatic carbocycles. The van der Waals surface area contributed by atoms with Gasteiger partial charge < -0.3 is 25.0 Å². The van der Waals surface area contributed by atoms with Gasteiger partial charge in [0.15, 0.2) is 0 Å². The standard InChI is InChI=1S/H4O7P2.H2O.V/c1-8(2,3)7-9(4,5)6;;/h(H2,1,2,3)(H2,4,5,6);1H2;. The van der Waals surface area contributed by atoms with Crippen LogP contribution in [-0.4, -0.2) is 25.0 Å². The van der Waals surface area contributed by atoms with Gasteiger partial charge in [-0.2, -0.15) is 4.31 Å². The van der Waals surface area contributed by atoms with Crippen LogP contribution in [0.25, 0.3) is 0 Å². The van der Waals surface area contributed by atoms with E-state index in [9.17, 15) is 9.13 Å². The molecule has 6 N–H and O–H groups in total. The molecule has 0 aromatic heterocycles. The third-order valence-electron chi connectivity index (χ3n) is 0.213. The average molecular weight is 247 g/mol. The monoisotopic (exact) mass is 247 g/mol. The third kappa shape index (κ3) is 18.1. The molecule has 0 fully saturated rings. The molecule has 0 rings (SSSR count). The largest absolute Gasteiger partial charge is 0.478 e. The Morgan fingerprint density at radius 1 is 0.909 bits per heavy atom. The van der Waals surface area contributed by atoms with Gasteiger partial charge in [0, 0.05) is 18.6 Å². The first-order valence-electron chi connectivity index (χ1n) is 1.53. The predicted molar refractivity (Wildman–Crippen MR) is 28.8 cm³/mol. The van der Waals surface area contributed by atoms with E-state index in [-0.39, 0.29) is 24.0 Å². The summed E-state index contributed by atoms with van der Waals surface area (Å²) in [6, 6.07) is 0. The van der Waals surface area contributed by atoms with Crippen molar-refractivity contribution in [3.05, 3.63) is 0 Å². The van der Waals surface area contributed by atoms with Crippen LogP contribution in [0.15, 0.2) is 0 Å². The van der Waals surface area contributed by atoms with E-state index in [2.05, 4.69) is 4.31 Å². The predicted octanol–water partition coefficient (Wildman–Crippen LogP) is -1.64. The topological polar surface area (TPSA) is 156 Å². The minimum absolute atomic E-state index is 0. The van der Waals surface area contributed by atoms with Crippen molar-refractivity contribution in [3.63, 3.8) is 0 Å². The van der Waals surface area contributed by atoms with E-state index >= 15 is 0 Å². The minimum atomic E-state index is -5.05. The third-order valence-corrected chi connectivity index (χ3v) is 1.91. The molecule has 8 nitrogen and oxygen atoms in total. The molecule has 0 aromatic rings. The van der Waals surface area contributed by atoms with Crippen molar-refractivity contribution in [2.75, 3.05) is 0 Å². The molecule has 0 aliphatic carbocycles. The summed E-state index contributed by atoms with van der Waals surface area (Å²) in [5, 5.41) is 0. The normalized spacial score (nSPS) is 11.3. The van der Waals surface area contributed by atoms with Gasteiger partial charge in [-0.1, -0.05) is 0 Å². The van der Waals surface area contributed by atoms with Crippen molar-refractivity contribution in [1.29, 1.82) is 0 Å². The molecular formula is H6O8P2V. The van der Waals surface area contributed by atoms with Crippen LogP contribution in [0.3, 0.4) is 0 Å². The summed E-state index contributed by atoms with van der Waals surface area (Å²) in [6.07, 6.45) is 0. The van der Waals surface area contributed by atoms with Crippen LogP contribution in [0.4, 0.5) is 0 Å². The molecule has 0 amide bonds. The molecule has 0 spiro atoms. The molecule has 69 valence electrons. The fraction of sp³-hybridized carbons (Fsp3) is 0. The van der Waals surface area contributed by atoms with Crippen LogP contribution < -0.4 is 0 Å². The quantitative estimate of drug-likeness (QED) is 0.426. The Kier molecular flexibility index (Phi) is 8.81. The average Bonchev–Trinajstić information content (AvgIpc) is 1.14. The Balaban J connectivity index is -0.000000320. The van der Waals surface area contributed by atoms with Crippen LogP contribution >= 0.6 is 15.6 Å². The molecule has 11 heavy (non-hydrogen) atoms. The van der Waals surface area contributed by atoms with Gasteiger partial charge in [-0.05, 0) is 0 Å². The van der Waals surface area contributed by atoms with E-state index < -0.39 is 15.6 Å². The van der Waals surface area contributed by atoms with Gasteiger partial charge >= 0.3 is 15.6 Å². The summed E-state index contributed by atoms with van der Waals surface area (Å²) in [4.78, 5) is 31.0. The molecule has 0 saturated carbocycles. The number of rotatable bonds is 2. The van der Waals surface area contributed by atoms with E-state index in [4.69, 9.17) is 19.6 Å². The maximum atomic E-state index is 9.63. The van der Waals surface area contributed by atoms with E-state index in [0.717, 1.165) is 0 Å². The molecule has 0 aliphatic heterocycles. The Bertz CT molecular complexity index is 153. The van der Waals surface area contributed by atoms with Gasteiger partial charge in [0.05, 0.1) is 0 Å². The van der Waals surface area contributed by atoms with Crippen LogP contribution in [-0.2, 0) is 32.0 Å². The van der Waals surface area contributed by atoms with E-state index in [1.165, 1.54) is 0 Å². The molecule has 0 aliphatic rings. The molecular weight excluding hydrogens is 241 g/mol. The fourth-order valence-electron chi connectivity index (χ4n) is 0.139. The second-order valence-electron chi connectivity index (χ2n) is 1.06. The van der Waals surface area contributed by atoms with Gasteiger partial charge in [0.2, 0.25) is 0 Å². The van der Waals surface area contributed by atoms with Gasteiger partial charge in [0.25, 0.3) is 0 Å². The molecule has 11 heteroatoms. The van der Waals surface area contributed by atoms with Gasteiger partial charge in [-0.15, -0.1) is 0 Å². The summed E-state index contributed by atoms with van der Waals surface area (Å²) in [5.41, 5.74) is 0. The van der Waals surface area contributed by atoms with Crippen LogP contribution in [0.1, 0.15) is 0 Å². The van der Waals surface area contributed by atoms with E-state index in [1.54, 1.807) is 0 Å². The molecule has 0 heterocycles. The second kappa shape index (κ2) is 5.45. The van der Waals surface area contributed by atoms with Crippen molar-refractivity contribution in [2.24, 2.45) is 0 Å². The fourth-order valence-corrected chi connectivity index (χ4v) is 1.25. The van der Waals surface area contributed by atoms with Crippen molar-refractivity contribution in [1.82, 2.24) is 0 Å². The first-order chi connectivity index (χ1) is 3.71. The van der Waals surface area contributed by atoms with Crippen LogP contribution in [0.2, 0.25) is 0 Å². The zero-order valence-corrected chi connectivity index (χ0v) is 8.04. The Morgan fingerprint density at radius 2 is 1.09 bits per heavy atom. The maximum absolute atomic E-state index is 9.63. The van der Waals surface area contributed by atoms with Crippen LogP contribution in [0, 0.1) is 0 Å². The van der Waals surface area contributed by atoms with E-state index in [0.29, 0.717) is 0 Å². The summed E-state index contributed by atoms with van der Waals surface area (Å²) >= 11 is 0. The van der Waals surface area contributed by atoms with Crippen molar-refractivity contribution in [3.8, 4) is 0 Å². The second-order valence-corrected chi connectivity index (χ2v) is 3.68. The van der Waals surface area contributed by atoms with Crippen LogP contribution in [0.5, 0.6) is 0 Å². The van der Waals surface area contributed by atoms with Crippen molar-refractivity contribution < 1.29 is 57.0 Å². The first-order valence-corrected chi connectivity index (χ1v) is 4.59. The van der Waals surface area contributed by atoms with Crippen molar-refractivity contribution >= 4 is 15.6 Å². The summed E-state index contributed by atoms with van der Waals surface area (Å²) in [7, 11) is -10.1. The Labute approximate surface area is 73.3 Å². The molecule has 0 unspecified atom stereocenters. The summed E-state index contributed by atoms with van der Waals surface area (Å²) in [6.45, 7) is 0. The van der Waals surface area contributed by atoms with E-state index in [1.807, 2.05) is 0 Å². The van der Waals surface area contributed by atoms with Gasteiger partial charge in [0.1, 0.15) is 0 Å². The van der Waals surface area contributed by atoms with Gasteiger partial charge in [-0.3, -0.25) is 0 Å². The van der Waals surface area contributed by atoms with Crippen molar-refractivity contribution in [2.45, 2.75) is 0 Å². The number of hydrogen-bond acceptors (Lipinski definition) is 3. The Morgan fingerprint density at radius 3 is 1.09 bits per heavy atom. The smallest absolute Gasteiger partial charge is 0.412 e. The first kappa shape index (κ1) is 17.8. The summed E-state index contributed by atoms with van der Waals surface area (Å²) < 4.78 is 22.2. The minimum Gasteiger partial charge on any atom is -0.412 e. The zero-order valence-electron chi connectivity index (χ0n) is 4.86. The Hall–Kier alpha value is 0.804. The SMILES string of the molecule is O.O=P(O)(O)OP(=O)(O)O.[V]. The molecule has 0 bridgehead atoms. The summed E-state index contributed by atoms with van der Waals surface area (Å²) in [5.74, 6) is 0. The zero-order chi connectivity index (χ0) is 7.71. The van der Waals surface area contributed by atoms with Gasteiger partial charge in [-0.25, -0.2) is 9.13 Å². The molecule has 0 atom stereocenters. The number of hydrogen-bond donors (Lipinski definition) is 4. The molecule has 1 radical (unpaired) electrons.